The van der Waals surface area contributed by atoms with Gasteiger partial charge in [-0.2, -0.15) is 0 Å². The summed E-state index contributed by atoms with van der Waals surface area (Å²) in [6.07, 6.45) is 1.87. The van der Waals surface area contributed by atoms with Crippen molar-refractivity contribution >= 4 is 23.6 Å². The summed E-state index contributed by atoms with van der Waals surface area (Å²) < 4.78 is 15.6. The number of amides is 2. The summed E-state index contributed by atoms with van der Waals surface area (Å²) in [5, 5.41) is 2.94. The molecule has 2 amide bonds. The van der Waals surface area contributed by atoms with Crippen molar-refractivity contribution in [1.82, 2.24) is 15.2 Å². The number of piperazine rings is 1. The van der Waals surface area contributed by atoms with E-state index in [2.05, 4.69) is 10.3 Å². The smallest absolute Gasteiger partial charge is 0.306 e. The van der Waals surface area contributed by atoms with Gasteiger partial charge in [0.15, 0.2) is 11.5 Å². The summed E-state index contributed by atoms with van der Waals surface area (Å²) in [5.41, 5.74) is 1.38. The van der Waals surface area contributed by atoms with Crippen LogP contribution in [-0.4, -0.2) is 67.2 Å². The topological polar surface area (TPSA) is 110 Å². The second-order valence-corrected chi connectivity index (χ2v) is 7.92. The lowest BCUT2D eigenvalue weighted by Crippen LogP contribution is -2.49. The first kappa shape index (κ1) is 23.3. The SMILES string of the molecule is CCOC(=O)CCC(=O)N1CCN(c2ncccc2C(=O)NCc2ccc3c(c2)OCO3)CC1. The fourth-order valence-electron chi connectivity index (χ4n) is 3.92. The lowest BCUT2D eigenvalue weighted by atomic mass is 10.1. The zero-order chi connectivity index (χ0) is 23.9. The Hall–Kier alpha value is -3.82. The van der Waals surface area contributed by atoms with E-state index >= 15 is 0 Å². The molecular weight excluding hydrogens is 440 g/mol. The maximum atomic E-state index is 12.9. The molecule has 0 aliphatic carbocycles. The summed E-state index contributed by atoms with van der Waals surface area (Å²) in [6, 6.07) is 9.04. The molecular formula is C24H28N4O6. The predicted octanol–water partition coefficient (Wildman–Crippen LogP) is 1.73. The van der Waals surface area contributed by atoms with Crippen LogP contribution in [0.5, 0.6) is 11.5 Å². The van der Waals surface area contributed by atoms with Crippen molar-refractivity contribution in [2.45, 2.75) is 26.3 Å². The number of pyridine rings is 1. The van der Waals surface area contributed by atoms with Crippen LogP contribution < -0.4 is 19.7 Å². The van der Waals surface area contributed by atoms with E-state index in [4.69, 9.17) is 14.2 Å². The molecule has 4 rings (SSSR count). The first-order chi connectivity index (χ1) is 16.5. The van der Waals surface area contributed by atoms with E-state index in [1.165, 1.54) is 0 Å². The number of nitrogens with zero attached hydrogens (tertiary/aromatic N) is 3. The summed E-state index contributed by atoms with van der Waals surface area (Å²) in [6.45, 7) is 4.67. The van der Waals surface area contributed by atoms with Crippen LogP contribution in [-0.2, 0) is 20.9 Å². The molecule has 1 aromatic heterocycles. The third kappa shape index (κ3) is 5.56. The van der Waals surface area contributed by atoms with Crippen molar-refractivity contribution in [2.24, 2.45) is 0 Å². The molecule has 0 radical (unpaired) electrons. The Morgan fingerprint density at radius 3 is 2.65 bits per heavy atom. The molecule has 2 aliphatic rings. The third-order valence-electron chi connectivity index (χ3n) is 5.70. The lowest BCUT2D eigenvalue weighted by molar-refractivity contribution is -0.145. The minimum atomic E-state index is -0.362. The Morgan fingerprint density at radius 1 is 1.06 bits per heavy atom. The largest absolute Gasteiger partial charge is 0.466 e. The van der Waals surface area contributed by atoms with Gasteiger partial charge < -0.3 is 29.3 Å². The number of benzene rings is 1. The number of aromatic nitrogens is 1. The van der Waals surface area contributed by atoms with Crippen LogP contribution in [0, 0.1) is 0 Å². The quantitative estimate of drug-likeness (QED) is 0.584. The van der Waals surface area contributed by atoms with Gasteiger partial charge >= 0.3 is 5.97 Å². The molecule has 1 fully saturated rings. The fraction of sp³-hybridized carbons (Fsp3) is 0.417. The number of nitrogens with one attached hydrogen (secondary N) is 1. The van der Waals surface area contributed by atoms with Gasteiger partial charge in [0.05, 0.1) is 18.6 Å². The van der Waals surface area contributed by atoms with Crippen molar-refractivity contribution in [1.29, 1.82) is 0 Å². The molecule has 3 heterocycles. The number of ether oxygens (including phenoxy) is 3. The molecule has 180 valence electrons. The van der Waals surface area contributed by atoms with Gasteiger partial charge in [-0.3, -0.25) is 14.4 Å². The van der Waals surface area contributed by atoms with E-state index in [-0.39, 0.29) is 37.4 Å². The van der Waals surface area contributed by atoms with Gasteiger partial charge in [-0.05, 0) is 36.8 Å². The average molecular weight is 469 g/mol. The van der Waals surface area contributed by atoms with Gasteiger partial charge in [0.25, 0.3) is 5.91 Å². The van der Waals surface area contributed by atoms with Gasteiger partial charge in [0.1, 0.15) is 5.82 Å². The van der Waals surface area contributed by atoms with Crippen LogP contribution in [0.25, 0.3) is 0 Å². The van der Waals surface area contributed by atoms with Gasteiger partial charge in [-0.1, -0.05) is 6.07 Å². The Morgan fingerprint density at radius 2 is 1.85 bits per heavy atom. The van der Waals surface area contributed by atoms with E-state index in [1.54, 1.807) is 30.2 Å². The van der Waals surface area contributed by atoms with Crippen molar-refractivity contribution in [3.63, 3.8) is 0 Å². The average Bonchev–Trinajstić information content (AvgIpc) is 3.34. The summed E-state index contributed by atoms with van der Waals surface area (Å²) in [7, 11) is 0. The number of fused-ring (bicyclic) bond motifs is 1. The third-order valence-corrected chi connectivity index (χ3v) is 5.70. The maximum Gasteiger partial charge on any atom is 0.306 e. The van der Waals surface area contributed by atoms with E-state index in [9.17, 15) is 14.4 Å². The molecule has 0 saturated carbocycles. The number of anilines is 1. The van der Waals surface area contributed by atoms with E-state index in [0.717, 1.165) is 5.56 Å². The highest BCUT2D eigenvalue weighted by molar-refractivity contribution is 5.98. The molecule has 1 aromatic carbocycles. The summed E-state index contributed by atoms with van der Waals surface area (Å²) in [5.74, 6) is 1.29. The van der Waals surface area contributed by atoms with Crippen LogP contribution in [0.4, 0.5) is 5.82 Å². The van der Waals surface area contributed by atoms with Crippen LogP contribution in [0.15, 0.2) is 36.5 Å². The van der Waals surface area contributed by atoms with Gasteiger partial charge in [-0.15, -0.1) is 0 Å². The Labute approximate surface area is 197 Å². The molecule has 0 atom stereocenters. The normalized spacial score (nSPS) is 14.6. The number of carbonyl (C=O) groups excluding carboxylic acids is 3. The van der Waals surface area contributed by atoms with Crippen LogP contribution in [0.2, 0.25) is 0 Å². The van der Waals surface area contributed by atoms with Gasteiger partial charge in [0, 0.05) is 45.3 Å². The standard InChI is InChI=1S/C24H28N4O6/c1-2-32-22(30)8-7-21(29)27-10-12-28(13-11-27)23-18(4-3-9-25-23)24(31)26-15-17-5-6-19-20(14-17)34-16-33-19/h3-6,9,14H,2,7-8,10-13,15-16H2,1H3,(H,26,31). The monoisotopic (exact) mass is 468 g/mol. The molecule has 2 aromatic rings. The van der Waals surface area contributed by atoms with E-state index in [0.29, 0.717) is 62.2 Å². The zero-order valence-electron chi connectivity index (χ0n) is 19.1. The highest BCUT2D eigenvalue weighted by Gasteiger charge is 2.25. The van der Waals surface area contributed by atoms with Crippen molar-refractivity contribution in [2.75, 3.05) is 44.5 Å². The van der Waals surface area contributed by atoms with Crippen molar-refractivity contribution in [3.8, 4) is 11.5 Å². The minimum absolute atomic E-state index is 0.0737. The highest BCUT2D eigenvalue weighted by atomic mass is 16.7. The van der Waals surface area contributed by atoms with Crippen molar-refractivity contribution in [3.05, 3.63) is 47.7 Å². The molecule has 10 heteroatoms. The summed E-state index contributed by atoms with van der Waals surface area (Å²) in [4.78, 5) is 45.0. The first-order valence-corrected chi connectivity index (χ1v) is 11.3. The second-order valence-electron chi connectivity index (χ2n) is 7.92. The summed E-state index contributed by atoms with van der Waals surface area (Å²) >= 11 is 0. The molecule has 1 saturated heterocycles. The highest BCUT2D eigenvalue weighted by Crippen LogP contribution is 2.32. The van der Waals surface area contributed by atoms with Crippen molar-refractivity contribution < 1.29 is 28.6 Å². The van der Waals surface area contributed by atoms with Crippen LogP contribution in [0.3, 0.4) is 0 Å². The lowest BCUT2D eigenvalue weighted by Gasteiger charge is -2.36. The zero-order valence-corrected chi connectivity index (χ0v) is 19.1. The number of hydrogen-bond donors (Lipinski definition) is 1. The Balaban J connectivity index is 1.32. The Kier molecular flexibility index (Phi) is 7.46. The molecule has 10 nitrogen and oxygen atoms in total. The number of esters is 1. The molecule has 1 N–H and O–H groups in total. The predicted molar refractivity (Wildman–Crippen MR) is 123 cm³/mol. The van der Waals surface area contributed by atoms with Crippen LogP contribution in [0.1, 0.15) is 35.7 Å². The first-order valence-electron chi connectivity index (χ1n) is 11.3. The number of carbonyl (C=O) groups is 3. The molecule has 0 spiro atoms. The van der Waals surface area contributed by atoms with E-state index < -0.39 is 0 Å². The van der Waals surface area contributed by atoms with Gasteiger partial charge in [0.2, 0.25) is 12.7 Å². The Bertz CT molecular complexity index is 1050. The number of rotatable bonds is 8. The molecule has 2 aliphatic heterocycles. The second kappa shape index (κ2) is 10.9. The molecule has 34 heavy (non-hydrogen) atoms. The fourth-order valence-corrected chi connectivity index (χ4v) is 3.92. The van der Waals surface area contributed by atoms with E-state index in [1.807, 2.05) is 23.1 Å². The minimum Gasteiger partial charge on any atom is -0.466 e. The molecule has 0 unspecified atom stereocenters. The van der Waals surface area contributed by atoms with Crippen LogP contribution >= 0.6 is 0 Å². The maximum absolute atomic E-state index is 12.9. The molecule has 0 bridgehead atoms. The van der Waals surface area contributed by atoms with Gasteiger partial charge in [-0.25, -0.2) is 4.98 Å². The number of hydrogen-bond acceptors (Lipinski definition) is 8.